The molecule has 0 saturated carbocycles. The second-order valence-electron chi connectivity index (χ2n) is 4.87. The first-order valence-electron chi connectivity index (χ1n) is 6.54. The number of aromatic nitrogens is 2. The lowest BCUT2D eigenvalue weighted by molar-refractivity contribution is 0.783. The van der Waals surface area contributed by atoms with Crippen molar-refractivity contribution in [3.8, 4) is 0 Å². The first kappa shape index (κ1) is 12.4. The van der Waals surface area contributed by atoms with Crippen molar-refractivity contribution in [3.05, 3.63) is 52.4 Å². The van der Waals surface area contributed by atoms with Gasteiger partial charge in [0.1, 0.15) is 17.3 Å². The second-order valence-corrected chi connectivity index (χ2v) is 5.23. The molecule has 1 aromatic carbocycles. The maximum absolute atomic E-state index is 6.09. The Morgan fingerprint density at radius 3 is 2.32 bits per heavy atom. The van der Waals surface area contributed by atoms with E-state index in [4.69, 9.17) is 11.6 Å². The average Bonchev–Trinajstić information content (AvgIpc) is 2.65. The van der Waals surface area contributed by atoms with Crippen LogP contribution >= 0.6 is 11.6 Å². The van der Waals surface area contributed by atoms with Crippen LogP contribution in [0.3, 0.4) is 0 Å². The largest absolute Gasteiger partial charge is 0.356 e. The Kier molecular flexibility index (Phi) is 3.38. The van der Waals surface area contributed by atoms with Gasteiger partial charge in [-0.05, 0) is 30.9 Å². The summed E-state index contributed by atoms with van der Waals surface area (Å²) in [6, 6.07) is 8.67. The number of hydrogen-bond donors (Lipinski definition) is 0. The molecule has 1 aliphatic rings. The number of halogens is 1. The highest BCUT2D eigenvalue weighted by molar-refractivity contribution is 6.30. The lowest BCUT2D eigenvalue weighted by atomic mass is 10.0. The SMILES string of the molecule is Cc1c(Cl)ncnc1N1CCc2ccccc2CC1. The molecular weight excluding hydrogens is 258 g/mol. The third-order valence-corrected chi connectivity index (χ3v) is 4.10. The Morgan fingerprint density at radius 2 is 1.68 bits per heavy atom. The van der Waals surface area contributed by atoms with Crippen molar-refractivity contribution in [3.63, 3.8) is 0 Å². The molecule has 0 N–H and O–H groups in total. The smallest absolute Gasteiger partial charge is 0.137 e. The minimum absolute atomic E-state index is 0.548. The van der Waals surface area contributed by atoms with Crippen molar-refractivity contribution >= 4 is 17.4 Å². The van der Waals surface area contributed by atoms with Gasteiger partial charge in [0, 0.05) is 18.7 Å². The summed E-state index contributed by atoms with van der Waals surface area (Å²) in [4.78, 5) is 10.7. The maximum atomic E-state index is 6.09. The van der Waals surface area contributed by atoms with E-state index in [0.717, 1.165) is 37.3 Å². The van der Waals surface area contributed by atoms with E-state index in [1.54, 1.807) is 6.33 Å². The summed E-state index contributed by atoms with van der Waals surface area (Å²) < 4.78 is 0. The molecule has 0 aliphatic carbocycles. The fourth-order valence-corrected chi connectivity index (χ4v) is 2.75. The Hall–Kier alpha value is -1.61. The molecule has 19 heavy (non-hydrogen) atoms. The predicted molar refractivity (Wildman–Crippen MR) is 77.8 cm³/mol. The van der Waals surface area contributed by atoms with Crippen LogP contribution in [0.25, 0.3) is 0 Å². The molecule has 3 rings (SSSR count). The molecule has 3 nitrogen and oxygen atoms in total. The van der Waals surface area contributed by atoms with Crippen LogP contribution in [-0.2, 0) is 12.8 Å². The summed E-state index contributed by atoms with van der Waals surface area (Å²) in [6.07, 6.45) is 3.65. The number of rotatable bonds is 1. The Bertz CT molecular complexity index is 571. The van der Waals surface area contributed by atoms with Gasteiger partial charge in [-0.25, -0.2) is 9.97 Å². The third kappa shape index (κ3) is 2.43. The quantitative estimate of drug-likeness (QED) is 0.748. The summed E-state index contributed by atoms with van der Waals surface area (Å²) in [5, 5.41) is 0.548. The van der Waals surface area contributed by atoms with Crippen molar-refractivity contribution in [2.45, 2.75) is 19.8 Å². The number of nitrogens with zero attached hydrogens (tertiary/aromatic N) is 3. The standard InChI is InChI=1S/C15H16ClN3/c1-11-14(16)17-10-18-15(11)19-8-6-12-4-2-3-5-13(12)7-9-19/h2-5,10H,6-9H2,1H3. The lowest BCUT2D eigenvalue weighted by Gasteiger charge is -2.23. The monoisotopic (exact) mass is 273 g/mol. The zero-order valence-electron chi connectivity index (χ0n) is 10.9. The van der Waals surface area contributed by atoms with Gasteiger partial charge in [0.05, 0.1) is 0 Å². The molecule has 2 aromatic rings. The highest BCUT2D eigenvalue weighted by Gasteiger charge is 2.17. The molecule has 0 atom stereocenters. The van der Waals surface area contributed by atoms with Crippen molar-refractivity contribution in [2.24, 2.45) is 0 Å². The summed E-state index contributed by atoms with van der Waals surface area (Å²) >= 11 is 6.09. The fraction of sp³-hybridized carbons (Fsp3) is 0.333. The topological polar surface area (TPSA) is 29.0 Å². The first-order chi connectivity index (χ1) is 9.25. The molecule has 0 radical (unpaired) electrons. The van der Waals surface area contributed by atoms with Gasteiger partial charge in [-0.15, -0.1) is 0 Å². The zero-order valence-corrected chi connectivity index (χ0v) is 11.7. The molecule has 98 valence electrons. The average molecular weight is 274 g/mol. The molecule has 1 aliphatic heterocycles. The van der Waals surface area contributed by atoms with Gasteiger partial charge in [-0.2, -0.15) is 0 Å². The summed E-state index contributed by atoms with van der Waals surface area (Å²) in [7, 11) is 0. The van der Waals surface area contributed by atoms with E-state index in [1.165, 1.54) is 11.1 Å². The minimum atomic E-state index is 0.548. The number of anilines is 1. The van der Waals surface area contributed by atoms with Crippen LogP contribution in [0.1, 0.15) is 16.7 Å². The van der Waals surface area contributed by atoms with Gasteiger partial charge >= 0.3 is 0 Å². The summed E-state index contributed by atoms with van der Waals surface area (Å²) in [5.41, 5.74) is 3.86. The van der Waals surface area contributed by atoms with E-state index in [2.05, 4.69) is 39.1 Å². The van der Waals surface area contributed by atoms with Crippen LogP contribution in [0.4, 0.5) is 5.82 Å². The van der Waals surface area contributed by atoms with Crippen LogP contribution in [-0.4, -0.2) is 23.1 Å². The van der Waals surface area contributed by atoms with E-state index in [-0.39, 0.29) is 0 Å². The molecule has 0 unspecified atom stereocenters. The fourth-order valence-electron chi connectivity index (χ4n) is 2.62. The van der Waals surface area contributed by atoms with Gasteiger partial charge in [0.2, 0.25) is 0 Å². The van der Waals surface area contributed by atoms with E-state index < -0.39 is 0 Å². The first-order valence-corrected chi connectivity index (χ1v) is 6.92. The summed E-state index contributed by atoms with van der Waals surface area (Å²) in [6.45, 7) is 3.94. The van der Waals surface area contributed by atoms with Gasteiger partial charge in [0.25, 0.3) is 0 Å². The van der Waals surface area contributed by atoms with Crippen LogP contribution < -0.4 is 4.90 Å². The number of hydrogen-bond acceptors (Lipinski definition) is 3. The van der Waals surface area contributed by atoms with Gasteiger partial charge < -0.3 is 4.90 Å². The Morgan fingerprint density at radius 1 is 1.05 bits per heavy atom. The van der Waals surface area contributed by atoms with Crippen molar-refractivity contribution in [1.29, 1.82) is 0 Å². The van der Waals surface area contributed by atoms with Crippen LogP contribution in [0, 0.1) is 6.92 Å². The van der Waals surface area contributed by atoms with Crippen LogP contribution in [0.15, 0.2) is 30.6 Å². The maximum Gasteiger partial charge on any atom is 0.137 e. The molecule has 1 aromatic heterocycles. The number of benzene rings is 1. The molecule has 4 heteroatoms. The molecule has 0 fully saturated rings. The zero-order chi connectivity index (χ0) is 13.2. The van der Waals surface area contributed by atoms with E-state index in [0.29, 0.717) is 5.15 Å². The van der Waals surface area contributed by atoms with E-state index >= 15 is 0 Å². The van der Waals surface area contributed by atoms with Crippen LogP contribution in [0.2, 0.25) is 5.15 Å². The number of fused-ring (bicyclic) bond motifs is 1. The molecular formula is C15H16ClN3. The van der Waals surface area contributed by atoms with E-state index in [9.17, 15) is 0 Å². The summed E-state index contributed by atoms with van der Waals surface area (Å²) in [5.74, 6) is 0.966. The van der Waals surface area contributed by atoms with Gasteiger partial charge in [0.15, 0.2) is 0 Å². The van der Waals surface area contributed by atoms with Crippen LogP contribution in [0.5, 0.6) is 0 Å². The van der Waals surface area contributed by atoms with Gasteiger partial charge in [-0.1, -0.05) is 35.9 Å². The van der Waals surface area contributed by atoms with Crippen molar-refractivity contribution in [2.75, 3.05) is 18.0 Å². The Balaban J connectivity index is 1.88. The second kappa shape index (κ2) is 5.17. The predicted octanol–water partition coefficient (Wildman–Crippen LogP) is 3.04. The Labute approximate surface area is 118 Å². The van der Waals surface area contributed by atoms with Gasteiger partial charge in [-0.3, -0.25) is 0 Å². The highest BCUT2D eigenvalue weighted by atomic mass is 35.5. The molecule has 2 heterocycles. The minimum Gasteiger partial charge on any atom is -0.356 e. The molecule has 0 bridgehead atoms. The molecule has 0 amide bonds. The van der Waals surface area contributed by atoms with Crippen molar-refractivity contribution in [1.82, 2.24) is 9.97 Å². The van der Waals surface area contributed by atoms with Crippen molar-refractivity contribution < 1.29 is 0 Å². The third-order valence-electron chi connectivity index (χ3n) is 3.72. The molecule has 0 saturated heterocycles. The van der Waals surface area contributed by atoms with E-state index in [1.807, 2.05) is 6.92 Å². The highest BCUT2D eigenvalue weighted by Crippen LogP contribution is 2.24. The lowest BCUT2D eigenvalue weighted by Crippen LogP contribution is -2.27. The molecule has 0 spiro atoms. The normalized spacial score (nSPS) is 14.9.